The molecular weight excluding hydrogens is 1000 g/mol. The Morgan fingerprint density at radius 1 is 0.544 bits per heavy atom. The van der Waals surface area contributed by atoms with Crippen LogP contribution in [-0.2, 0) is 25.5 Å². The van der Waals surface area contributed by atoms with Gasteiger partial charge in [-0.25, -0.2) is 0 Å². The molecule has 5 aromatic carbocycles. The third-order valence-corrected chi connectivity index (χ3v) is 13.2. The second-order valence-corrected chi connectivity index (χ2v) is 21.2. The first-order chi connectivity index (χ1) is 34.1. The van der Waals surface area contributed by atoms with Crippen molar-refractivity contribution in [2.75, 3.05) is 0 Å². The molecule has 8 aromatic rings. The molecule has 0 aliphatic heterocycles. The second-order valence-electron chi connectivity index (χ2n) is 21.2. The molecule has 0 fully saturated rings. The standard InChI is InChI=1S/C33H34NO.C31H40N.Ir/c1-19(2)23-15-27(20(3)4)32(28(16-23)21(5)6)29-17-30(34-18-22(29)7)26-13-10-12-25-24-11-8-9-14-31(24)35-33(25)26;1-19(2)24-16-26(20(3)4)30(27(17-24)21(5)6)28-15-23(12-11-22(28)7)29-14-13-25(18-32-29)31(8,9)10;/h8-12,14-21H,1-7H3;11,13-21H,1-10H3;/q2*-1;/i2*7D3;. The summed E-state index contributed by atoms with van der Waals surface area (Å²) in [6, 6.07) is 37.1. The predicted molar refractivity (Wildman–Crippen MR) is 288 cm³/mol. The van der Waals surface area contributed by atoms with Crippen LogP contribution in [0.3, 0.4) is 0 Å². The van der Waals surface area contributed by atoms with Gasteiger partial charge in [-0.1, -0.05) is 188 Å². The van der Waals surface area contributed by atoms with E-state index in [1.165, 1.54) is 28.5 Å². The van der Waals surface area contributed by atoms with Crippen LogP contribution < -0.4 is 0 Å². The van der Waals surface area contributed by atoms with E-state index in [1.807, 2.05) is 60.8 Å². The molecule has 3 nitrogen and oxygen atoms in total. The largest absolute Gasteiger partial charge is 0.501 e. The molecule has 0 aliphatic carbocycles. The second kappa shape index (κ2) is 21.2. The predicted octanol–water partition coefficient (Wildman–Crippen LogP) is 19.0. The van der Waals surface area contributed by atoms with Gasteiger partial charge in [-0.05, 0) is 126 Å². The van der Waals surface area contributed by atoms with Crippen LogP contribution >= 0.6 is 0 Å². The van der Waals surface area contributed by atoms with Crippen molar-refractivity contribution in [3.05, 3.63) is 166 Å². The third kappa shape index (κ3) is 10.8. The SMILES string of the molecule is [2H]C([2H])([2H])c1c[c-]c(-c2ccc(C(C)(C)C)cn2)cc1-c1c(C(C)C)cc(C(C)C)cc1C(C)C.[2H]C([2H])([2H])c1cnc(-c2[c-]ccc3c2oc2ccccc23)cc1-c1c(C(C)C)cc(C(C)C)cc1C(C)C.[Ir]. The first-order valence-electron chi connectivity index (χ1n) is 27.3. The van der Waals surface area contributed by atoms with Crippen LogP contribution in [0.5, 0.6) is 0 Å². The van der Waals surface area contributed by atoms with Crippen LogP contribution in [0.15, 0.2) is 108 Å². The Balaban J connectivity index is 0.000000239. The van der Waals surface area contributed by atoms with Crippen molar-refractivity contribution in [1.29, 1.82) is 0 Å². The average Bonchev–Trinajstić information content (AvgIpc) is 3.71. The number of furan rings is 1. The van der Waals surface area contributed by atoms with Gasteiger partial charge >= 0.3 is 0 Å². The summed E-state index contributed by atoms with van der Waals surface area (Å²) < 4.78 is 56.3. The van der Waals surface area contributed by atoms with Crippen molar-refractivity contribution in [3.8, 4) is 44.8 Å². The number of hydrogen-bond acceptors (Lipinski definition) is 3. The third-order valence-electron chi connectivity index (χ3n) is 13.2. The number of fused-ring (bicyclic) bond motifs is 3. The number of hydrogen-bond donors (Lipinski definition) is 0. The minimum atomic E-state index is -2.31. The molecule has 0 N–H and O–H groups in total. The topological polar surface area (TPSA) is 38.9 Å². The molecule has 4 heteroatoms. The molecule has 0 amide bonds. The fourth-order valence-corrected chi connectivity index (χ4v) is 9.06. The molecular formula is C64H74IrN2O-2. The van der Waals surface area contributed by atoms with Gasteiger partial charge in [0.25, 0.3) is 0 Å². The molecule has 0 spiro atoms. The number of para-hydroxylation sites is 1. The van der Waals surface area contributed by atoms with Crippen molar-refractivity contribution in [1.82, 2.24) is 9.97 Å². The summed E-state index contributed by atoms with van der Waals surface area (Å²) in [5, 5.41) is 2.02. The van der Waals surface area contributed by atoms with Gasteiger partial charge in [-0.3, -0.25) is 0 Å². The summed E-state index contributed by atoms with van der Waals surface area (Å²) >= 11 is 0. The molecule has 3 heterocycles. The summed E-state index contributed by atoms with van der Waals surface area (Å²) in [7, 11) is 0. The Morgan fingerprint density at radius 2 is 1.07 bits per heavy atom. The zero-order valence-corrected chi connectivity index (χ0v) is 45.3. The van der Waals surface area contributed by atoms with Crippen molar-refractivity contribution in [2.24, 2.45) is 0 Å². The molecule has 8 rings (SSSR count). The fraction of sp³-hybridized carbons (Fsp3) is 0.375. The van der Waals surface area contributed by atoms with Crippen LogP contribution in [0.25, 0.3) is 66.7 Å². The van der Waals surface area contributed by atoms with Gasteiger partial charge in [0.2, 0.25) is 0 Å². The van der Waals surface area contributed by atoms with Crippen LogP contribution in [0.2, 0.25) is 0 Å². The summed E-state index contributed by atoms with van der Waals surface area (Å²) in [6.45, 7) is 28.2. The fourth-order valence-electron chi connectivity index (χ4n) is 9.06. The van der Waals surface area contributed by atoms with Gasteiger partial charge in [-0.2, -0.15) is 0 Å². The Morgan fingerprint density at radius 3 is 1.56 bits per heavy atom. The molecule has 68 heavy (non-hydrogen) atoms. The molecule has 0 saturated heterocycles. The van der Waals surface area contributed by atoms with E-state index in [0.717, 1.165) is 66.6 Å². The molecule has 1 radical (unpaired) electrons. The summed E-state index contributed by atoms with van der Waals surface area (Å²) in [5.41, 5.74) is 17.1. The normalized spacial score (nSPS) is 13.7. The monoisotopic (exact) mass is 1090 g/mol. The number of aromatic nitrogens is 2. The Bertz CT molecular complexity index is 3200. The zero-order valence-electron chi connectivity index (χ0n) is 48.9. The van der Waals surface area contributed by atoms with Crippen LogP contribution in [0.1, 0.15) is 198 Å². The van der Waals surface area contributed by atoms with E-state index >= 15 is 0 Å². The summed E-state index contributed by atoms with van der Waals surface area (Å²) in [5.74, 6) is 1.70. The van der Waals surface area contributed by atoms with E-state index in [4.69, 9.17) is 17.6 Å². The van der Waals surface area contributed by atoms with E-state index < -0.39 is 13.7 Å². The number of nitrogens with zero attached hydrogens (tertiary/aromatic N) is 2. The molecule has 0 bridgehead atoms. The maximum atomic E-state index is 8.38. The molecule has 357 valence electrons. The molecule has 0 saturated carbocycles. The number of benzene rings is 5. The van der Waals surface area contributed by atoms with Crippen LogP contribution in [0.4, 0.5) is 0 Å². The number of pyridine rings is 2. The van der Waals surface area contributed by atoms with E-state index in [0.29, 0.717) is 34.2 Å². The van der Waals surface area contributed by atoms with Crippen molar-refractivity contribution in [3.63, 3.8) is 0 Å². The Kier molecular flexibility index (Phi) is 13.8. The Hall–Kier alpha value is -5.15. The maximum absolute atomic E-state index is 8.38. The quantitative estimate of drug-likeness (QED) is 0.128. The van der Waals surface area contributed by atoms with Gasteiger partial charge < -0.3 is 14.4 Å². The van der Waals surface area contributed by atoms with Crippen LogP contribution in [0, 0.1) is 25.8 Å². The van der Waals surface area contributed by atoms with E-state index in [2.05, 4.69) is 151 Å². The molecule has 3 aromatic heterocycles. The number of rotatable bonds is 10. The minimum Gasteiger partial charge on any atom is -0.501 e. The Labute approximate surface area is 431 Å². The molecule has 0 aliphatic rings. The number of aryl methyl sites for hydroxylation is 2. The van der Waals surface area contributed by atoms with Crippen molar-refractivity contribution in [2.45, 2.75) is 158 Å². The summed E-state index contributed by atoms with van der Waals surface area (Å²) in [6.07, 6.45) is 3.44. The van der Waals surface area contributed by atoms with Gasteiger partial charge in [0.1, 0.15) is 5.58 Å². The first-order valence-corrected chi connectivity index (χ1v) is 24.3. The van der Waals surface area contributed by atoms with Crippen molar-refractivity contribution >= 4 is 21.9 Å². The minimum absolute atomic E-state index is 0. The zero-order chi connectivity index (χ0) is 53.6. The van der Waals surface area contributed by atoms with Gasteiger partial charge in [0, 0.05) is 46.1 Å². The van der Waals surface area contributed by atoms with E-state index in [1.54, 1.807) is 6.07 Å². The van der Waals surface area contributed by atoms with E-state index in [-0.39, 0.29) is 54.8 Å². The van der Waals surface area contributed by atoms with E-state index in [9.17, 15) is 0 Å². The van der Waals surface area contributed by atoms with Crippen molar-refractivity contribution < 1.29 is 32.7 Å². The molecule has 0 atom stereocenters. The van der Waals surface area contributed by atoms with Gasteiger partial charge in [0.05, 0.1) is 5.58 Å². The molecule has 0 unspecified atom stereocenters. The van der Waals surface area contributed by atoms with Gasteiger partial charge in [0.15, 0.2) is 0 Å². The van der Waals surface area contributed by atoms with Gasteiger partial charge in [-0.15, -0.1) is 47.5 Å². The summed E-state index contributed by atoms with van der Waals surface area (Å²) in [4.78, 5) is 9.39. The maximum Gasteiger partial charge on any atom is 0.120 e. The smallest absolute Gasteiger partial charge is 0.120 e. The first kappa shape index (κ1) is 44.1. The van der Waals surface area contributed by atoms with Crippen LogP contribution in [-0.4, -0.2) is 9.97 Å². The average molecular weight is 1090 g/mol.